The average molecular weight is 244 g/mol. The monoisotopic (exact) mass is 244 g/mol. The van der Waals surface area contributed by atoms with E-state index in [4.69, 9.17) is 10.00 Å². The van der Waals surface area contributed by atoms with Crippen molar-refractivity contribution in [3.05, 3.63) is 35.4 Å². The van der Waals surface area contributed by atoms with E-state index < -0.39 is 0 Å². The Morgan fingerprint density at radius 3 is 2.94 bits per heavy atom. The molecule has 0 radical (unpaired) electrons. The standard InChI is InChI=1S/C14H16N2O2/c15-9-11-2-1-3-12(8-11)10-16-14(17)13-4-6-18-7-5-13/h1-3,8,13H,4-7,10H2,(H,16,17). The molecule has 1 aromatic rings. The third-order valence-electron chi connectivity index (χ3n) is 3.11. The summed E-state index contributed by atoms with van der Waals surface area (Å²) < 4.78 is 5.23. The Morgan fingerprint density at radius 2 is 2.22 bits per heavy atom. The Labute approximate surface area is 107 Å². The molecule has 2 rings (SSSR count). The van der Waals surface area contributed by atoms with Crippen LogP contribution in [0.25, 0.3) is 0 Å². The molecule has 4 nitrogen and oxygen atoms in total. The Hall–Kier alpha value is -1.86. The van der Waals surface area contributed by atoms with Gasteiger partial charge in [0.15, 0.2) is 0 Å². The first-order valence-electron chi connectivity index (χ1n) is 6.14. The fourth-order valence-electron chi connectivity index (χ4n) is 2.04. The van der Waals surface area contributed by atoms with Gasteiger partial charge in [0.1, 0.15) is 0 Å². The second kappa shape index (κ2) is 6.18. The normalized spacial score (nSPS) is 15.9. The second-order valence-electron chi connectivity index (χ2n) is 4.42. The third kappa shape index (κ3) is 3.31. The number of rotatable bonds is 3. The zero-order valence-corrected chi connectivity index (χ0v) is 10.2. The summed E-state index contributed by atoms with van der Waals surface area (Å²) in [5.74, 6) is 0.151. The quantitative estimate of drug-likeness (QED) is 0.878. The predicted octanol–water partition coefficient (Wildman–Crippen LogP) is 1.60. The van der Waals surface area contributed by atoms with E-state index in [2.05, 4.69) is 11.4 Å². The summed E-state index contributed by atoms with van der Waals surface area (Å²) in [6, 6.07) is 9.37. The van der Waals surface area contributed by atoms with Gasteiger partial charge in [-0.3, -0.25) is 4.79 Å². The summed E-state index contributed by atoms with van der Waals surface area (Å²) in [6.07, 6.45) is 1.59. The molecule has 0 bridgehead atoms. The highest BCUT2D eigenvalue weighted by atomic mass is 16.5. The molecule has 1 aliphatic rings. The topological polar surface area (TPSA) is 62.1 Å². The van der Waals surface area contributed by atoms with Crippen molar-refractivity contribution >= 4 is 5.91 Å². The predicted molar refractivity (Wildman–Crippen MR) is 66.5 cm³/mol. The van der Waals surface area contributed by atoms with E-state index in [-0.39, 0.29) is 11.8 Å². The van der Waals surface area contributed by atoms with E-state index in [1.807, 2.05) is 12.1 Å². The average Bonchev–Trinajstić information content (AvgIpc) is 2.46. The molecular formula is C14H16N2O2. The van der Waals surface area contributed by atoms with Crippen molar-refractivity contribution in [1.29, 1.82) is 5.26 Å². The van der Waals surface area contributed by atoms with Gasteiger partial charge >= 0.3 is 0 Å². The minimum atomic E-state index is 0.0675. The number of benzene rings is 1. The van der Waals surface area contributed by atoms with Crippen LogP contribution in [0.15, 0.2) is 24.3 Å². The lowest BCUT2D eigenvalue weighted by atomic mass is 9.99. The van der Waals surface area contributed by atoms with Crippen LogP contribution >= 0.6 is 0 Å². The Bertz CT molecular complexity index is 459. The first-order valence-corrected chi connectivity index (χ1v) is 6.14. The summed E-state index contributed by atoms with van der Waals surface area (Å²) in [5.41, 5.74) is 1.57. The molecule has 18 heavy (non-hydrogen) atoms. The maximum atomic E-state index is 11.9. The van der Waals surface area contributed by atoms with Crippen LogP contribution < -0.4 is 5.32 Å². The molecule has 0 atom stereocenters. The zero-order chi connectivity index (χ0) is 12.8. The van der Waals surface area contributed by atoms with Crippen LogP contribution in [0.2, 0.25) is 0 Å². The lowest BCUT2D eigenvalue weighted by Crippen LogP contribution is -2.33. The van der Waals surface area contributed by atoms with E-state index in [9.17, 15) is 4.79 Å². The van der Waals surface area contributed by atoms with Crippen LogP contribution in [0, 0.1) is 17.2 Å². The van der Waals surface area contributed by atoms with Gasteiger partial charge in [0, 0.05) is 25.7 Å². The molecule has 0 saturated carbocycles. The van der Waals surface area contributed by atoms with Crippen LogP contribution in [0.1, 0.15) is 24.0 Å². The minimum Gasteiger partial charge on any atom is -0.381 e. The molecule has 4 heteroatoms. The van der Waals surface area contributed by atoms with Gasteiger partial charge < -0.3 is 10.1 Å². The van der Waals surface area contributed by atoms with Crippen LogP contribution in [-0.4, -0.2) is 19.1 Å². The highest BCUT2D eigenvalue weighted by Gasteiger charge is 2.20. The molecule has 1 saturated heterocycles. The first kappa shape index (κ1) is 12.6. The van der Waals surface area contributed by atoms with E-state index in [0.29, 0.717) is 25.3 Å². The van der Waals surface area contributed by atoms with Crippen LogP contribution in [0.5, 0.6) is 0 Å². The maximum Gasteiger partial charge on any atom is 0.223 e. The third-order valence-corrected chi connectivity index (χ3v) is 3.11. The number of nitriles is 1. The molecule has 0 spiro atoms. The van der Waals surface area contributed by atoms with E-state index >= 15 is 0 Å². The van der Waals surface area contributed by atoms with Gasteiger partial charge in [0.05, 0.1) is 11.6 Å². The summed E-state index contributed by atoms with van der Waals surface area (Å²) in [6.45, 7) is 1.82. The highest BCUT2D eigenvalue weighted by Crippen LogP contribution is 2.14. The van der Waals surface area contributed by atoms with Gasteiger partial charge in [-0.1, -0.05) is 12.1 Å². The number of hydrogen-bond donors (Lipinski definition) is 1. The fourth-order valence-corrected chi connectivity index (χ4v) is 2.04. The largest absolute Gasteiger partial charge is 0.381 e. The number of amides is 1. The van der Waals surface area contributed by atoms with Gasteiger partial charge in [-0.2, -0.15) is 5.26 Å². The molecule has 1 N–H and O–H groups in total. The Morgan fingerprint density at radius 1 is 1.44 bits per heavy atom. The number of hydrogen-bond acceptors (Lipinski definition) is 3. The summed E-state index contributed by atoms with van der Waals surface area (Å²) in [7, 11) is 0. The number of carbonyl (C=O) groups is 1. The van der Waals surface area contributed by atoms with E-state index in [1.54, 1.807) is 12.1 Å². The molecular weight excluding hydrogens is 228 g/mol. The molecule has 1 fully saturated rings. The van der Waals surface area contributed by atoms with Crippen molar-refractivity contribution in [2.24, 2.45) is 5.92 Å². The van der Waals surface area contributed by atoms with Crippen LogP contribution in [-0.2, 0) is 16.1 Å². The molecule has 0 unspecified atom stereocenters. The maximum absolute atomic E-state index is 11.9. The smallest absolute Gasteiger partial charge is 0.223 e. The molecule has 1 amide bonds. The van der Waals surface area contributed by atoms with Crippen molar-refractivity contribution in [2.45, 2.75) is 19.4 Å². The summed E-state index contributed by atoms with van der Waals surface area (Å²) in [4.78, 5) is 11.9. The fraction of sp³-hybridized carbons (Fsp3) is 0.429. The summed E-state index contributed by atoms with van der Waals surface area (Å²) in [5, 5.41) is 11.7. The van der Waals surface area contributed by atoms with Crippen LogP contribution in [0.3, 0.4) is 0 Å². The van der Waals surface area contributed by atoms with Crippen molar-refractivity contribution < 1.29 is 9.53 Å². The second-order valence-corrected chi connectivity index (χ2v) is 4.42. The lowest BCUT2D eigenvalue weighted by molar-refractivity contribution is -0.128. The van der Waals surface area contributed by atoms with Gasteiger partial charge in [-0.15, -0.1) is 0 Å². The minimum absolute atomic E-state index is 0.0675. The summed E-state index contributed by atoms with van der Waals surface area (Å²) >= 11 is 0. The molecule has 0 aromatic heterocycles. The van der Waals surface area contributed by atoms with Crippen molar-refractivity contribution in [3.63, 3.8) is 0 Å². The number of nitrogens with zero attached hydrogens (tertiary/aromatic N) is 1. The first-order chi connectivity index (χ1) is 8.79. The number of nitrogens with one attached hydrogen (secondary N) is 1. The highest BCUT2D eigenvalue weighted by molar-refractivity contribution is 5.78. The van der Waals surface area contributed by atoms with Crippen molar-refractivity contribution in [2.75, 3.05) is 13.2 Å². The van der Waals surface area contributed by atoms with Gasteiger partial charge in [0.25, 0.3) is 0 Å². The number of ether oxygens (including phenoxy) is 1. The molecule has 1 aromatic carbocycles. The van der Waals surface area contributed by atoms with E-state index in [1.165, 1.54) is 0 Å². The molecule has 1 aliphatic heterocycles. The molecule has 94 valence electrons. The van der Waals surface area contributed by atoms with Crippen molar-refractivity contribution in [1.82, 2.24) is 5.32 Å². The Balaban J connectivity index is 1.86. The van der Waals surface area contributed by atoms with Crippen molar-refractivity contribution in [3.8, 4) is 6.07 Å². The van der Waals surface area contributed by atoms with Gasteiger partial charge in [-0.05, 0) is 30.5 Å². The zero-order valence-electron chi connectivity index (χ0n) is 10.2. The number of carbonyl (C=O) groups excluding carboxylic acids is 1. The Kier molecular flexibility index (Phi) is 4.32. The lowest BCUT2D eigenvalue weighted by Gasteiger charge is -2.21. The molecule has 0 aliphatic carbocycles. The van der Waals surface area contributed by atoms with Crippen LogP contribution in [0.4, 0.5) is 0 Å². The van der Waals surface area contributed by atoms with E-state index in [0.717, 1.165) is 18.4 Å². The molecule has 1 heterocycles. The SMILES string of the molecule is N#Cc1cccc(CNC(=O)C2CCOCC2)c1. The van der Waals surface area contributed by atoms with Gasteiger partial charge in [-0.25, -0.2) is 0 Å². The van der Waals surface area contributed by atoms with Gasteiger partial charge in [0.2, 0.25) is 5.91 Å².